The van der Waals surface area contributed by atoms with E-state index in [1.807, 2.05) is 0 Å². The minimum Gasteiger partial charge on any atom is -0.494 e. The van der Waals surface area contributed by atoms with E-state index < -0.39 is 35.4 Å². The molecule has 14 heteroatoms. The fraction of sp³-hybridized carbons (Fsp3) is 0.321. The topological polar surface area (TPSA) is 115 Å². The molecule has 1 aromatic heterocycles. The Balaban J connectivity index is 1.58. The van der Waals surface area contributed by atoms with E-state index in [9.17, 15) is 27.6 Å². The molecular formula is C28H28F3N3O7S. The number of carbonyl (C=O) groups excluding carboxylic acids is 3. The lowest BCUT2D eigenvalue weighted by Crippen LogP contribution is -2.23. The van der Waals surface area contributed by atoms with Crippen LogP contribution in [0, 0.1) is 23.4 Å². The van der Waals surface area contributed by atoms with Gasteiger partial charge in [0.1, 0.15) is 21.9 Å². The van der Waals surface area contributed by atoms with Crippen molar-refractivity contribution in [3.05, 3.63) is 63.1 Å². The van der Waals surface area contributed by atoms with Gasteiger partial charge in [0.15, 0.2) is 17.5 Å². The number of carbonyl (C=O) groups is 3. The Morgan fingerprint density at radius 2 is 1.64 bits per heavy atom. The standard InChI is InChI=1S/C28H28F3N3O7S/c1-34(11-15-21(41-12-14-5-6-14)8-7-16(29)24(15)31)20-10-18(17(30)9-22(20)38-2)32-28(37)33-19-13-42-25(27(36)40-4)23(19)26(35)39-3/h7-10,13-14H,5-6,11-12H2,1-4H3,(H2,32,33,37). The maximum atomic E-state index is 15.0. The molecule has 42 heavy (non-hydrogen) atoms. The molecule has 0 atom stereocenters. The van der Waals surface area contributed by atoms with Gasteiger partial charge in [-0.1, -0.05) is 0 Å². The third-order valence-corrected chi connectivity index (χ3v) is 7.41. The van der Waals surface area contributed by atoms with Crippen LogP contribution in [0.3, 0.4) is 0 Å². The maximum Gasteiger partial charge on any atom is 0.349 e. The van der Waals surface area contributed by atoms with Crippen LogP contribution >= 0.6 is 11.3 Å². The Labute approximate surface area is 243 Å². The van der Waals surface area contributed by atoms with Gasteiger partial charge in [0, 0.05) is 25.0 Å². The van der Waals surface area contributed by atoms with Crippen LogP contribution in [-0.4, -0.2) is 53.0 Å². The number of anilines is 3. The highest BCUT2D eigenvalue weighted by Gasteiger charge is 2.27. The number of esters is 2. The highest BCUT2D eigenvalue weighted by molar-refractivity contribution is 7.13. The molecule has 0 bridgehead atoms. The number of nitrogens with zero attached hydrogens (tertiary/aromatic N) is 1. The third-order valence-electron chi connectivity index (χ3n) is 6.45. The van der Waals surface area contributed by atoms with Crippen LogP contribution in [0.5, 0.6) is 11.5 Å². The minimum atomic E-state index is -1.07. The molecule has 1 aliphatic rings. The number of benzene rings is 2. The lowest BCUT2D eigenvalue weighted by Gasteiger charge is -2.24. The second-order valence-electron chi connectivity index (χ2n) is 9.37. The monoisotopic (exact) mass is 607 g/mol. The van der Waals surface area contributed by atoms with Crippen LogP contribution < -0.4 is 25.0 Å². The predicted octanol–water partition coefficient (Wildman–Crippen LogP) is 5.82. The Morgan fingerprint density at radius 3 is 2.29 bits per heavy atom. The third kappa shape index (κ3) is 6.70. The van der Waals surface area contributed by atoms with Crippen molar-refractivity contribution in [1.82, 2.24) is 0 Å². The van der Waals surface area contributed by atoms with Gasteiger partial charge >= 0.3 is 18.0 Å². The van der Waals surface area contributed by atoms with Crippen molar-refractivity contribution in [2.45, 2.75) is 19.4 Å². The molecule has 1 aliphatic carbocycles. The first-order valence-corrected chi connectivity index (χ1v) is 13.5. The molecule has 0 radical (unpaired) electrons. The number of urea groups is 1. The summed E-state index contributed by atoms with van der Waals surface area (Å²) in [5, 5.41) is 6.08. The summed E-state index contributed by atoms with van der Waals surface area (Å²) in [6, 6.07) is 3.69. The normalized spacial score (nSPS) is 12.4. The number of rotatable bonds is 11. The van der Waals surface area contributed by atoms with Gasteiger partial charge in [0.05, 0.1) is 50.6 Å². The van der Waals surface area contributed by atoms with Crippen molar-refractivity contribution < 1.29 is 46.5 Å². The Hall–Kier alpha value is -4.46. The van der Waals surface area contributed by atoms with Gasteiger partial charge in [-0.3, -0.25) is 0 Å². The molecule has 0 saturated heterocycles. The first-order valence-electron chi connectivity index (χ1n) is 12.6. The van der Waals surface area contributed by atoms with Gasteiger partial charge in [-0.25, -0.2) is 27.6 Å². The fourth-order valence-corrected chi connectivity index (χ4v) is 4.95. The Bertz CT molecular complexity index is 1510. The summed E-state index contributed by atoms with van der Waals surface area (Å²) in [4.78, 5) is 38.5. The van der Waals surface area contributed by atoms with Crippen molar-refractivity contribution >= 4 is 46.4 Å². The summed E-state index contributed by atoms with van der Waals surface area (Å²) in [6.45, 7) is 0.207. The first-order chi connectivity index (χ1) is 20.1. The minimum absolute atomic E-state index is 0.0361. The van der Waals surface area contributed by atoms with E-state index in [0.29, 0.717) is 12.5 Å². The maximum absolute atomic E-state index is 15.0. The molecule has 2 N–H and O–H groups in total. The lowest BCUT2D eigenvalue weighted by molar-refractivity contribution is 0.0561. The Morgan fingerprint density at radius 1 is 0.952 bits per heavy atom. The number of amides is 2. The van der Waals surface area contributed by atoms with Crippen LogP contribution in [0.4, 0.5) is 35.0 Å². The first kappa shape index (κ1) is 30.5. The average Bonchev–Trinajstić information content (AvgIpc) is 3.72. The molecule has 0 unspecified atom stereocenters. The number of hydrogen-bond acceptors (Lipinski definition) is 9. The van der Waals surface area contributed by atoms with Gasteiger partial charge in [0.25, 0.3) is 0 Å². The fourth-order valence-electron chi connectivity index (χ4n) is 4.05. The number of ether oxygens (including phenoxy) is 4. The molecule has 1 fully saturated rings. The molecule has 10 nitrogen and oxygen atoms in total. The lowest BCUT2D eigenvalue weighted by atomic mass is 10.1. The van der Waals surface area contributed by atoms with Crippen LogP contribution in [0.2, 0.25) is 0 Å². The van der Waals surface area contributed by atoms with E-state index in [4.69, 9.17) is 14.2 Å². The smallest absolute Gasteiger partial charge is 0.349 e. The van der Waals surface area contributed by atoms with Crippen molar-refractivity contribution in [3.8, 4) is 11.5 Å². The molecular weight excluding hydrogens is 579 g/mol. The van der Waals surface area contributed by atoms with Crippen molar-refractivity contribution in [2.24, 2.45) is 5.92 Å². The van der Waals surface area contributed by atoms with Gasteiger partial charge < -0.3 is 34.5 Å². The van der Waals surface area contributed by atoms with Crippen molar-refractivity contribution in [3.63, 3.8) is 0 Å². The van der Waals surface area contributed by atoms with E-state index in [1.165, 1.54) is 29.5 Å². The van der Waals surface area contributed by atoms with E-state index >= 15 is 0 Å². The number of halogens is 3. The molecule has 4 rings (SSSR count). The Kier molecular flexibility index (Phi) is 9.45. The molecule has 1 saturated carbocycles. The summed E-state index contributed by atoms with van der Waals surface area (Å²) in [6.07, 6.45) is 2.02. The van der Waals surface area contributed by atoms with Crippen LogP contribution in [0.25, 0.3) is 0 Å². The summed E-state index contributed by atoms with van der Waals surface area (Å²) < 4.78 is 64.4. The highest BCUT2D eigenvalue weighted by atomic mass is 32.1. The van der Waals surface area contributed by atoms with E-state index in [-0.39, 0.29) is 51.1 Å². The molecule has 3 aromatic rings. The number of hydrogen-bond donors (Lipinski definition) is 2. The predicted molar refractivity (Wildman–Crippen MR) is 149 cm³/mol. The highest BCUT2D eigenvalue weighted by Crippen LogP contribution is 2.37. The quantitative estimate of drug-likeness (QED) is 0.262. The summed E-state index contributed by atoms with van der Waals surface area (Å²) >= 11 is 0.845. The van der Waals surface area contributed by atoms with Crippen molar-refractivity contribution in [2.75, 3.05) is 50.5 Å². The second kappa shape index (κ2) is 13.0. The number of thiophene rings is 1. The van der Waals surface area contributed by atoms with Gasteiger partial charge in [-0.2, -0.15) is 0 Å². The van der Waals surface area contributed by atoms with Crippen molar-refractivity contribution in [1.29, 1.82) is 0 Å². The summed E-state index contributed by atoms with van der Waals surface area (Å²) in [5.74, 6) is -4.05. The number of methoxy groups -OCH3 is 3. The average molecular weight is 608 g/mol. The molecule has 0 aliphatic heterocycles. The van der Waals surface area contributed by atoms with Gasteiger partial charge in [-0.15, -0.1) is 11.3 Å². The zero-order valence-electron chi connectivity index (χ0n) is 23.1. The largest absolute Gasteiger partial charge is 0.494 e. The van der Waals surface area contributed by atoms with E-state index in [0.717, 1.165) is 50.5 Å². The van der Waals surface area contributed by atoms with Crippen LogP contribution in [0.1, 0.15) is 38.4 Å². The van der Waals surface area contributed by atoms with E-state index in [1.54, 1.807) is 7.05 Å². The van der Waals surface area contributed by atoms with Crippen LogP contribution in [-0.2, 0) is 16.0 Å². The zero-order valence-corrected chi connectivity index (χ0v) is 24.0. The second-order valence-corrected chi connectivity index (χ2v) is 10.2. The van der Waals surface area contributed by atoms with Crippen LogP contribution in [0.15, 0.2) is 29.6 Å². The summed E-state index contributed by atoms with van der Waals surface area (Å²) in [5.41, 5.74) is -0.368. The SMILES string of the molecule is COC(=O)c1scc(NC(=O)Nc2cc(N(C)Cc3c(OCC4CC4)ccc(F)c3F)c(OC)cc2F)c1C(=O)OC. The zero-order chi connectivity index (χ0) is 30.6. The van der Waals surface area contributed by atoms with Gasteiger partial charge in [0.2, 0.25) is 0 Å². The van der Waals surface area contributed by atoms with E-state index in [2.05, 4.69) is 15.4 Å². The number of nitrogens with one attached hydrogen (secondary N) is 2. The summed E-state index contributed by atoms with van der Waals surface area (Å²) in [7, 11) is 5.10. The molecule has 224 valence electrons. The molecule has 2 aromatic carbocycles. The molecule has 2 amide bonds. The molecule has 1 heterocycles. The molecule has 0 spiro atoms. The van der Waals surface area contributed by atoms with Gasteiger partial charge in [-0.05, 0) is 37.0 Å².